The SMILES string of the molecule is Cc1cccc(C2Oc3c4ccccc4c([O-])n[n+]3C23CC3)c1. The van der Waals surface area contributed by atoms with Crippen molar-refractivity contribution in [2.24, 2.45) is 0 Å². The van der Waals surface area contributed by atoms with E-state index in [1.54, 1.807) is 0 Å². The molecule has 4 heteroatoms. The van der Waals surface area contributed by atoms with Crippen molar-refractivity contribution in [3.63, 3.8) is 0 Å². The molecule has 4 nitrogen and oxygen atoms in total. The molecule has 0 amide bonds. The van der Waals surface area contributed by atoms with Crippen LogP contribution in [0.1, 0.15) is 30.1 Å². The summed E-state index contributed by atoms with van der Waals surface area (Å²) in [6.45, 7) is 2.09. The smallest absolute Gasteiger partial charge is 0.403 e. The van der Waals surface area contributed by atoms with E-state index >= 15 is 0 Å². The third-order valence-electron chi connectivity index (χ3n) is 5.02. The molecule has 1 atom stereocenters. The van der Waals surface area contributed by atoms with Crippen molar-refractivity contribution in [1.82, 2.24) is 5.10 Å². The van der Waals surface area contributed by atoms with Crippen LogP contribution >= 0.6 is 0 Å². The standard InChI is InChI=1S/C19H16N2O2/c1-12-5-4-6-13(11-12)16-19(9-10-19)21-18(23-16)15-8-3-2-7-14(15)17(22)20-21/h2-8,11,16H,9-10H2,1H3. The van der Waals surface area contributed by atoms with Gasteiger partial charge in [-0.2, -0.15) is 0 Å². The molecule has 1 fully saturated rings. The Morgan fingerprint density at radius 1 is 1.13 bits per heavy atom. The molecule has 1 unspecified atom stereocenters. The Morgan fingerprint density at radius 2 is 1.91 bits per heavy atom. The molecule has 1 aromatic heterocycles. The monoisotopic (exact) mass is 304 g/mol. The zero-order valence-electron chi connectivity index (χ0n) is 12.8. The Hall–Kier alpha value is -2.62. The van der Waals surface area contributed by atoms with Gasteiger partial charge in [-0.25, -0.2) is 0 Å². The van der Waals surface area contributed by atoms with Gasteiger partial charge in [0.05, 0.1) is 11.3 Å². The maximum atomic E-state index is 12.4. The number of fused-ring (bicyclic) bond motifs is 4. The average Bonchev–Trinajstić information content (AvgIpc) is 3.28. The van der Waals surface area contributed by atoms with Crippen LogP contribution in [0.2, 0.25) is 0 Å². The minimum Gasteiger partial charge on any atom is -0.854 e. The van der Waals surface area contributed by atoms with Crippen molar-refractivity contribution < 1.29 is 14.5 Å². The van der Waals surface area contributed by atoms with Crippen LogP contribution < -0.4 is 14.5 Å². The van der Waals surface area contributed by atoms with Gasteiger partial charge in [-0.3, -0.25) is 0 Å². The molecule has 0 radical (unpaired) electrons. The number of aromatic nitrogens is 2. The highest BCUT2D eigenvalue weighted by atomic mass is 16.5. The second-order valence-corrected chi connectivity index (χ2v) is 6.58. The molecule has 114 valence electrons. The normalized spacial score (nSPS) is 20.5. The van der Waals surface area contributed by atoms with Crippen LogP contribution in [-0.4, -0.2) is 5.10 Å². The van der Waals surface area contributed by atoms with Crippen LogP contribution in [0.15, 0.2) is 48.5 Å². The fraction of sp³-hybridized carbons (Fsp3) is 0.263. The molecule has 3 aromatic rings. The van der Waals surface area contributed by atoms with Crippen molar-refractivity contribution in [2.75, 3.05) is 0 Å². The van der Waals surface area contributed by atoms with Gasteiger partial charge < -0.3 is 9.84 Å². The Kier molecular flexibility index (Phi) is 2.36. The predicted octanol–water partition coefficient (Wildman–Crippen LogP) is 2.53. The van der Waals surface area contributed by atoms with Gasteiger partial charge in [-0.1, -0.05) is 48.0 Å². The summed E-state index contributed by atoms with van der Waals surface area (Å²) in [5.74, 6) is 0.549. The maximum absolute atomic E-state index is 12.4. The minimum absolute atomic E-state index is 0.0693. The number of benzene rings is 2. The number of hydrogen-bond acceptors (Lipinski definition) is 3. The lowest BCUT2D eigenvalue weighted by Crippen LogP contribution is -2.48. The summed E-state index contributed by atoms with van der Waals surface area (Å²) in [6.07, 6.45) is 1.92. The molecule has 2 aliphatic rings. The summed E-state index contributed by atoms with van der Waals surface area (Å²) >= 11 is 0. The highest BCUT2D eigenvalue weighted by molar-refractivity contribution is 5.89. The highest BCUT2D eigenvalue weighted by Gasteiger charge is 2.68. The molecular weight excluding hydrogens is 288 g/mol. The molecule has 0 saturated heterocycles. The van der Waals surface area contributed by atoms with Gasteiger partial charge in [0.25, 0.3) is 0 Å². The quantitative estimate of drug-likeness (QED) is 0.649. The number of nitrogens with zero attached hydrogens (tertiary/aromatic N) is 2. The molecule has 5 rings (SSSR count). The van der Waals surface area contributed by atoms with E-state index in [1.807, 2.05) is 28.9 Å². The topological polar surface area (TPSA) is 49.1 Å². The van der Waals surface area contributed by atoms with E-state index in [-0.39, 0.29) is 17.5 Å². The van der Waals surface area contributed by atoms with Crippen LogP contribution in [0, 0.1) is 6.92 Å². The van der Waals surface area contributed by atoms with Gasteiger partial charge in [-0.15, -0.1) is 0 Å². The third kappa shape index (κ3) is 1.66. The molecule has 1 aliphatic carbocycles. The van der Waals surface area contributed by atoms with Crippen LogP contribution in [0.25, 0.3) is 10.8 Å². The minimum atomic E-state index is -0.188. The summed E-state index contributed by atoms with van der Waals surface area (Å²) in [4.78, 5) is 0. The van der Waals surface area contributed by atoms with E-state index in [4.69, 9.17) is 4.74 Å². The molecule has 1 aliphatic heterocycles. The molecule has 1 spiro atoms. The molecular formula is C19H16N2O2. The summed E-state index contributed by atoms with van der Waals surface area (Å²) in [7, 11) is 0. The average molecular weight is 304 g/mol. The van der Waals surface area contributed by atoms with Gasteiger partial charge in [-0.05, 0) is 22.8 Å². The Balaban J connectivity index is 1.74. The Bertz CT molecular complexity index is 947. The van der Waals surface area contributed by atoms with E-state index in [1.165, 1.54) is 5.56 Å². The third-order valence-corrected chi connectivity index (χ3v) is 5.02. The number of ether oxygens (including phenoxy) is 1. The predicted molar refractivity (Wildman–Crippen MR) is 83.1 cm³/mol. The van der Waals surface area contributed by atoms with Gasteiger partial charge in [0.15, 0.2) is 6.10 Å². The summed E-state index contributed by atoms with van der Waals surface area (Å²) in [6, 6.07) is 16.0. The van der Waals surface area contributed by atoms with E-state index in [2.05, 4.69) is 36.3 Å². The molecule has 0 bridgehead atoms. The molecule has 2 heterocycles. The fourth-order valence-electron chi connectivity index (χ4n) is 3.72. The Labute approximate surface area is 134 Å². The second-order valence-electron chi connectivity index (χ2n) is 6.58. The summed E-state index contributed by atoms with van der Waals surface area (Å²) < 4.78 is 8.21. The first-order valence-electron chi connectivity index (χ1n) is 7.95. The van der Waals surface area contributed by atoms with Gasteiger partial charge in [0.1, 0.15) is 0 Å². The lowest BCUT2D eigenvalue weighted by molar-refractivity contribution is -0.780. The first-order chi connectivity index (χ1) is 11.2. The van der Waals surface area contributed by atoms with E-state index < -0.39 is 0 Å². The van der Waals surface area contributed by atoms with Crippen LogP contribution in [-0.2, 0) is 5.54 Å². The zero-order valence-corrected chi connectivity index (χ0v) is 12.8. The van der Waals surface area contributed by atoms with Gasteiger partial charge in [0, 0.05) is 23.8 Å². The van der Waals surface area contributed by atoms with Crippen molar-refractivity contribution in [3.8, 4) is 11.8 Å². The van der Waals surface area contributed by atoms with E-state index in [9.17, 15) is 5.11 Å². The largest absolute Gasteiger partial charge is 0.854 e. The molecule has 1 saturated carbocycles. The van der Waals surface area contributed by atoms with Gasteiger partial charge >= 0.3 is 5.88 Å². The van der Waals surface area contributed by atoms with Gasteiger partial charge in [0.2, 0.25) is 5.54 Å². The lowest BCUT2D eigenvalue weighted by atomic mass is 9.99. The van der Waals surface area contributed by atoms with Crippen molar-refractivity contribution >= 4 is 10.8 Å². The summed E-state index contributed by atoms with van der Waals surface area (Å²) in [5, 5.41) is 18.2. The van der Waals surface area contributed by atoms with Crippen molar-refractivity contribution in [1.29, 1.82) is 0 Å². The highest BCUT2D eigenvalue weighted by Crippen LogP contribution is 2.55. The van der Waals surface area contributed by atoms with Crippen LogP contribution in [0.5, 0.6) is 11.8 Å². The Morgan fingerprint density at radius 3 is 2.65 bits per heavy atom. The number of hydrogen-bond donors (Lipinski definition) is 0. The first kappa shape index (κ1) is 12.9. The van der Waals surface area contributed by atoms with Crippen molar-refractivity contribution in [2.45, 2.75) is 31.4 Å². The lowest BCUT2D eigenvalue weighted by Gasteiger charge is -2.12. The molecule has 2 aromatic carbocycles. The number of rotatable bonds is 1. The van der Waals surface area contributed by atoms with E-state index in [0.717, 1.165) is 29.7 Å². The second kappa shape index (κ2) is 4.22. The number of aryl methyl sites for hydroxylation is 1. The van der Waals surface area contributed by atoms with Crippen LogP contribution in [0.3, 0.4) is 0 Å². The van der Waals surface area contributed by atoms with Crippen LogP contribution in [0.4, 0.5) is 0 Å². The fourth-order valence-corrected chi connectivity index (χ4v) is 3.72. The van der Waals surface area contributed by atoms with Crippen molar-refractivity contribution in [3.05, 3.63) is 59.7 Å². The summed E-state index contributed by atoms with van der Waals surface area (Å²) in [5.41, 5.74) is 2.18. The maximum Gasteiger partial charge on any atom is 0.403 e. The first-order valence-corrected chi connectivity index (χ1v) is 7.95. The van der Waals surface area contributed by atoms with E-state index in [0.29, 0.717) is 5.39 Å². The molecule has 0 N–H and O–H groups in total. The zero-order chi connectivity index (χ0) is 15.6. The molecule has 23 heavy (non-hydrogen) atoms.